The molecule has 1 aliphatic carbocycles. The number of hydrogen-bond acceptors (Lipinski definition) is 3. The Morgan fingerprint density at radius 3 is 2.43 bits per heavy atom. The Balaban J connectivity index is 1.55. The van der Waals surface area contributed by atoms with E-state index in [-0.39, 0.29) is 23.6 Å². The Kier molecular flexibility index (Phi) is 6.09. The van der Waals surface area contributed by atoms with E-state index in [1.807, 2.05) is 19.2 Å². The van der Waals surface area contributed by atoms with Crippen LogP contribution in [0.1, 0.15) is 71.7 Å². The highest BCUT2D eigenvalue weighted by molar-refractivity contribution is 5.95. The molecule has 1 amide bonds. The number of aromatic nitrogens is 1. The fourth-order valence-corrected chi connectivity index (χ4v) is 4.57. The lowest BCUT2D eigenvalue weighted by Gasteiger charge is -2.37. The Morgan fingerprint density at radius 1 is 1.07 bits per heavy atom. The van der Waals surface area contributed by atoms with Crippen LogP contribution in [0.25, 0.3) is 0 Å². The topological polar surface area (TPSA) is 54.3 Å². The van der Waals surface area contributed by atoms with Crippen molar-refractivity contribution in [2.75, 3.05) is 19.6 Å². The molecule has 1 N–H and O–H groups in total. The van der Waals surface area contributed by atoms with Gasteiger partial charge in [0.25, 0.3) is 11.5 Å². The van der Waals surface area contributed by atoms with Gasteiger partial charge in [0.05, 0.1) is 6.04 Å². The smallest absolute Gasteiger partial charge is 0.263 e. The Labute approximate surface area is 179 Å². The van der Waals surface area contributed by atoms with Gasteiger partial charge in [-0.25, -0.2) is 0 Å². The summed E-state index contributed by atoms with van der Waals surface area (Å²) in [5, 5.41) is 3.11. The normalized spacial score (nSPS) is 18.9. The highest BCUT2D eigenvalue weighted by Gasteiger charge is 2.29. The van der Waals surface area contributed by atoms with Crippen molar-refractivity contribution in [2.45, 2.75) is 58.5 Å². The zero-order chi connectivity index (χ0) is 21.3. The third kappa shape index (κ3) is 4.36. The average molecular weight is 408 g/mol. The highest BCUT2D eigenvalue weighted by Crippen LogP contribution is 2.33. The van der Waals surface area contributed by atoms with Crippen LogP contribution in [-0.2, 0) is 0 Å². The number of carbonyl (C=O) groups excluding carboxylic acids is 1. The number of nitrogens with one attached hydrogen (secondary N) is 1. The molecule has 0 spiro atoms. The van der Waals surface area contributed by atoms with Gasteiger partial charge in [-0.1, -0.05) is 31.2 Å². The molecule has 1 aromatic carbocycles. The largest absolute Gasteiger partial charge is 0.350 e. The maximum atomic E-state index is 13.1. The van der Waals surface area contributed by atoms with E-state index >= 15 is 0 Å². The van der Waals surface area contributed by atoms with E-state index in [9.17, 15) is 9.59 Å². The number of pyridine rings is 1. The molecule has 1 saturated carbocycles. The molecule has 1 aliphatic heterocycles. The molecule has 5 heteroatoms. The van der Waals surface area contributed by atoms with Gasteiger partial charge in [0.2, 0.25) is 0 Å². The van der Waals surface area contributed by atoms with Crippen molar-refractivity contribution in [3.63, 3.8) is 0 Å². The molecule has 1 atom stereocenters. The van der Waals surface area contributed by atoms with Crippen LogP contribution in [0.5, 0.6) is 0 Å². The van der Waals surface area contributed by atoms with E-state index in [1.54, 1.807) is 4.57 Å². The lowest BCUT2D eigenvalue weighted by Crippen LogP contribution is -2.43. The number of hydrogen-bond donors (Lipinski definition) is 1. The van der Waals surface area contributed by atoms with Gasteiger partial charge in [-0.15, -0.1) is 0 Å². The summed E-state index contributed by atoms with van der Waals surface area (Å²) in [7, 11) is 0. The maximum absolute atomic E-state index is 13.1. The minimum Gasteiger partial charge on any atom is -0.350 e. The second kappa shape index (κ2) is 8.76. The standard InChI is InChI=1S/C25H33N3O2/c1-17-10-13-27(14-11-17)22(21-7-5-4-6-18(21)2)16-26-24(29)23-19(3)12-15-28(25(23)30)20-8-9-20/h4-7,12,15,17,20,22H,8-11,13-14,16H2,1-3H3,(H,26,29). The number of amides is 1. The average Bonchev–Trinajstić information content (AvgIpc) is 3.56. The quantitative estimate of drug-likeness (QED) is 0.787. The number of likely N-dealkylation sites (tertiary alicyclic amines) is 1. The molecular formula is C25H33N3O2. The molecule has 1 aromatic heterocycles. The molecule has 2 heterocycles. The minimum atomic E-state index is -0.253. The maximum Gasteiger partial charge on any atom is 0.263 e. The molecule has 2 aliphatic rings. The van der Waals surface area contributed by atoms with Crippen molar-refractivity contribution in [3.05, 3.63) is 69.1 Å². The van der Waals surface area contributed by atoms with Gasteiger partial charge < -0.3 is 9.88 Å². The van der Waals surface area contributed by atoms with E-state index in [0.29, 0.717) is 12.1 Å². The van der Waals surface area contributed by atoms with Gasteiger partial charge in [-0.05, 0) is 81.3 Å². The first-order valence-corrected chi connectivity index (χ1v) is 11.2. The summed E-state index contributed by atoms with van der Waals surface area (Å²) in [5.74, 6) is 0.498. The molecule has 30 heavy (non-hydrogen) atoms. The lowest BCUT2D eigenvalue weighted by atomic mass is 9.94. The van der Waals surface area contributed by atoms with Crippen molar-refractivity contribution >= 4 is 5.91 Å². The number of benzene rings is 1. The van der Waals surface area contributed by atoms with Gasteiger partial charge in [-0.3, -0.25) is 14.5 Å². The lowest BCUT2D eigenvalue weighted by molar-refractivity contribution is 0.0910. The van der Waals surface area contributed by atoms with Gasteiger partial charge in [-0.2, -0.15) is 0 Å². The van der Waals surface area contributed by atoms with Gasteiger partial charge in [0.15, 0.2) is 0 Å². The molecular weight excluding hydrogens is 374 g/mol. The summed E-state index contributed by atoms with van der Waals surface area (Å²) >= 11 is 0. The van der Waals surface area contributed by atoms with Crippen molar-refractivity contribution in [1.82, 2.24) is 14.8 Å². The second-order valence-electron chi connectivity index (χ2n) is 9.12. The Bertz CT molecular complexity index is 969. The molecule has 2 aromatic rings. The fourth-order valence-electron chi connectivity index (χ4n) is 4.57. The van der Waals surface area contributed by atoms with Crippen LogP contribution in [0, 0.1) is 19.8 Å². The van der Waals surface area contributed by atoms with Crippen LogP contribution in [0.2, 0.25) is 0 Å². The molecule has 1 unspecified atom stereocenters. The van der Waals surface area contributed by atoms with Crippen LogP contribution in [0.3, 0.4) is 0 Å². The fraction of sp³-hybridized carbons (Fsp3) is 0.520. The summed E-state index contributed by atoms with van der Waals surface area (Å²) in [6.07, 6.45) is 6.23. The van der Waals surface area contributed by atoms with Crippen molar-refractivity contribution in [3.8, 4) is 0 Å². The Morgan fingerprint density at radius 2 is 1.77 bits per heavy atom. The first-order chi connectivity index (χ1) is 14.5. The first-order valence-electron chi connectivity index (χ1n) is 11.2. The monoisotopic (exact) mass is 407 g/mol. The van der Waals surface area contributed by atoms with Crippen LogP contribution in [0.4, 0.5) is 0 Å². The molecule has 160 valence electrons. The molecule has 5 nitrogen and oxygen atoms in total. The molecule has 4 rings (SSSR count). The third-order valence-electron chi connectivity index (χ3n) is 6.76. The predicted molar refractivity (Wildman–Crippen MR) is 120 cm³/mol. The van der Waals surface area contributed by atoms with E-state index < -0.39 is 0 Å². The van der Waals surface area contributed by atoms with Crippen molar-refractivity contribution < 1.29 is 4.79 Å². The number of aryl methyl sites for hydroxylation is 2. The summed E-state index contributed by atoms with van der Waals surface area (Å²) in [5.41, 5.74) is 3.37. The zero-order valence-corrected chi connectivity index (χ0v) is 18.4. The summed E-state index contributed by atoms with van der Waals surface area (Å²) < 4.78 is 1.73. The van der Waals surface area contributed by atoms with Gasteiger partial charge in [0.1, 0.15) is 5.56 Å². The van der Waals surface area contributed by atoms with E-state index in [2.05, 4.69) is 48.3 Å². The van der Waals surface area contributed by atoms with E-state index in [1.165, 1.54) is 24.0 Å². The number of piperidine rings is 1. The summed E-state index contributed by atoms with van der Waals surface area (Å²) in [6.45, 7) is 8.87. The van der Waals surface area contributed by atoms with E-state index in [4.69, 9.17) is 0 Å². The van der Waals surface area contributed by atoms with Gasteiger partial charge >= 0.3 is 0 Å². The molecule has 0 bridgehead atoms. The number of carbonyl (C=O) groups is 1. The van der Waals surface area contributed by atoms with Gasteiger partial charge in [0, 0.05) is 18.8 Å². The van der Waals surface area contributed by atoms with Crippen LogP contribution < -0.4 is 10.9 Å². The van der Waals surface area contributed by atoms with Crippen LogP contribution in [-0.4, -0.2) is 35.0 Å². The highest BCUT2D eigenvalue weighted by atomic mass is 16.2. The van der Waals surface area contributed by atoms with Crippen molar-refractivity contribution in [2.24, 2.45) is 5.92 Å². The molecule has 2 fully saturated rings. The zero-order valence-electron chi connectivity index (χ0n) is 18.4. The SMILES string of the molecule is Cc1ccccc1C(CNC(=O)c1c(C)ccn(C2CC2)c1=O)N1CCC(C)CC1. The van der Waals surface area contributed by atoms with Crippen LogP contribution >= 0.6 is 0 Å². The number of nitrogens with zero attached hydrogens (tertiary/aromatic N) is 2. The summed E-state index contributed by atoms with van der Waals surface area (Å²) in [4.78, 5) is 28.5. The molecule has 0 radical (unpaired) electrons. The second-order valence-corrected chi connectivity index (χ2v) is 9.12. The number of rotatable bonds is 6. The van der Waals surface area contributed by atoms with Crippen molar-refractivity contribution in [1.29, 1.82) is 0 Å². The Hall–Kier alpha value is -2.40. The van der Waals surface area contributed by atoms with Crippen LogP contribution in [0.15, 0.2) is 41.3 Å². The minimum absolute atomic E-state index is 0.123. The molecule has 1 saturated heterocycles. The predicted octanol–water partition coefficient (Wildman–Crippen LogP) is 4.00. The third-order valence-corrected chi connectivity index (χ3v) is 6.76. The summed E-state index contributed by atoms with van der Waals surface area (Å²) in [6, 6.07) is 10.7. The van der Waals surface area contributed by atoms with E-state index in [0.717, 1.165) is 37.4 Å². The first kappa shape index (κ1) is 20.9.